The van der Waals surface area contributed by atoms with Gasteiger partial charge in [-0.25, -0.2) is 0 Å². The van der Waals surface area contributed by atoms with Crippen LogP contribution in [0.5, 0.6) is 17.2 Å². The number of rotatable bonds is 8. The van der Waals surface area contributed by atoms with Gasteiger partial charge in [0.15, 0.2) is 0 Å². The summed E-state index contributed by atoms with van der Waals surface area (Å²) in [5.74, 6) is -0.0162. The summed E-state index contributed by atoms with van der Waals surface area (Å²) >= 11 is 0. The van der Waals surface area contributed by atoms with Crippen molar-refractivity contribution in [1.29, 1.82) is 0 Å². The molecule has 2 aromatic carbocycles. The molecular weight excluding hydrogens is 405 g/mol. The highest BCUT2D eigenvalue weighted by Crippen LogP contribution is 2.31. The summed E-state index contributed by atoms with van der Waals surface area (Å²) in [5, 5.41) is 3.93. The van der Waals surface area contributed by atoms with Crippen LogP contribution in [0.1, 0.15) is 23.2 Å². The van der Waals surface area contributed by atoms with Crippen LogP contribution in [0.2, 0.25) is 0 Å². The van der Waals surface area contributed by atoms with Gasteiger partial charge in [-0.3, -0.25) is 9.48 Å². The van der Waals surface area contributed by atoms with Crippen molar-refractivity contribution in [2.45, 2.75) is 18.9 Å². The van der Waals surface area contributed by atoms with Crippen molar-refractivity contribution in [1.82, 2.24) is 9.78 Å². The maximum atomic E-state index is 13.9. The number of nitrogens with two attached hydrogens (primary N) is 1. The predicted molar refractivity (Wildman–Crippen MR) is 111 cm³/mol. The van der Waals surface area contributed by atoms with E-state index in [4.69, 9.17) is 24.7 Å². The van der Waals surface area contributed by atoms with Gasteiger partial charge in [0.25, 0.3) is 5.91 Å². The third kappa shape index (κ3) is 4.95. The van der Waals surface area contributed by atoms with Gasteiger partial charge in [-0.05, 0) is 43.2 Å². The molecule has 1 aliphatic heterocycles. The number of nitrogens with zero attached hydrogens (tertiary/aromatic N) is 2. The summed E-state index contributed by atoms with van der Waals surface area (Å²) < 4.78 is 37.9. The first-order chi connectivity index (χ1) is 15.0. The van der Waals surface area contributed by atoms with Crippen LogP contribution in [0, 0.1) is 5.95 Å². The van der Waals surface area contributed by atoms with E-state index in [0.717, 1.165) is 26.1 Å². The van der Waals surface area contributed by atoms with Gasteiger partial charge in [0.05, 0.1) is 29.2 Å². The highest BCUT2D eigenvalue weighted by Gasteiger charge is 2.18. The fraction of sp³-hybridized carbons (Fsp3) is 0.364. The Morgan fingerprint density at radius 1 is 1.19 bits per heavy atom. The molecule has 0 radical (unpaired) electrons. The molecule has 1 saturated heterocycles. The lowest BCUT2D eigenvalue weighted by Gasteiger charge is -2.22. The molecule has 0 spiro atoms. The number of aromatic nitrogens is 2. The van der Waals surface area contributed by atoms with Gasteiger partial charge >= 0.3 is 0 Å². The van der Waals surface area contributed by atoms with Crippen molar-refractivity contribution in [3.8, 4) is 17.2 Å². The van der Waals surface area contributed by atoms with Crippen LogP contribution >= 0.6 is 0 Å². The molecular formula is C22H24FN3O5. The Hall–Kier alpha value is -3.17. The number of fused-ring (bicyclic) bond motifs is 1. The summed E-state index contributed by atoms with van der Waals surface area (Å²) in [4.78, 5) is 11.8. The lowest BCUT2D eigenvalue weighted by Crippen LogP contribution is -2.25. The van der Waals surface area contributed by atoms with Crippen LogP contribution in [-0.4, -0.2) is 48.2 Å². The summed E-state index contributed by atoms with van der Waals surface area (Å²) in [6.45, 7) is 2.43. The largest absolute Gasteiger partial charge is 0.491 e. The molecule has 9 heteroatoms. The molecule has 8 nitrogen and oxygen atoms in total. The molecule has 0 bridgehead atoms. The molecule has 2 N–H and O–H groups in total. The zero-order valence-corrected chi connectivity index (χ0v) is 17.2. The zero-order valence-electron chi connectivity index (χ0n) is 17.2. The Morgan fingerprint density at radius 3 is 2.61 bits per heavy atom. The molecule has 1 fully saturated rings. The van der Waals surface area contributed by atoms with Gasteiger partial charge in [-0.15, -0.1) is 5.10 Å². The first-order valence-electron chi connectivity index (χ1n) is 10.1. The fourth-order valence-corrected chi connectivity index (χ4v) is 3.47. The number of carbonyl (C=O) groups excluding carboxylic acids is 1. The van der Waals surface area contributed by atoms with Gasteiger partial charge in [0.1, 0.15) is 23.9 Å². The van der Waals surface area contributed by atoms with Crippen LogP contribution in [0.15, 0.2) is 36.4 Å². The summed E-state index contributed by atoms with van der Waals surface area (Å²) in [7, 11) is 1.61. The molecule has 1 amide bonds. The van der Waals surface area contributed by atoms with Crippen LogP contribution in [0.3, 0.4) is 0 Å². The molecule has 164 valence electrons. The highest BCUT2D eigenvalue weighted by molar-refractivity contribution is 6.00. The van der Waals surface area contributed by atoms with E-state index in [1.807, 2.05) is 0 Å². The molecule has 3 aromatic rings. The van der Waals surface area contributed by atoms with Gasteiger partial charge < -0.3 is 24.7 Å². The second-order valence-electron chi connectivity index (χ2n) is 7.25. The SMILES string of the molecule is Cn1nc(F)c2cc(C(N)=O)c(Oc3ccc(OCCOC4CCOCC4)cc3)cc21. The minimum atomic E-state index is -0.718. The number of halogens is 1. The first kappa shape index (κ1) is 21.1. The Labute approximate surface area is 178 Å². The quantitative estimate of drug-likeness (QED) is 0.553. The van der Waals surface area contributed by atoms with Gasteiger partial charge in [0, 0.05) is 26.3 Å². The fourth-order valence-electron chi connectivity index (χ4n) is 3.47. The molecule has 1 aliphatic rings. The van der Waals surface area contributed by atoms with Crippen LogP contribution in [0.4, 0.5) is 4.39 Å². The van der Waals surface area contributed by atoms with Crippen LogP contribution in [-0.2, 0) is 16.5 Å². The lowest BCUT2D eigenvalue weighted by molar-refractivity contribution is -0.0388. The summed E-state index contributed by atoms with van der Waals surface area (Å²) in [6.07, 6.45) is 2.06. The maximum Gasteiger partial charge on any atom is 0.252 e. The van der Waals surface area contributed by atoms with Crippen molar-refractivity contribution in [2.24, 2.45) is 12.8 Å². The molecule has 0 atom stereocenters. The molecule has 0 unspecified atom stereocenters. The Morgan fingerprint density at radius 2 is 1.90 bits per heavy atom. The standard InChI is InChI=1S/C22H24FN3O5/c1-26-19-13-20(18(22(24)27)12-17(19)21(23)25-26)31-16-4-2-14(3-5-16)29-10-11-30-15-6-8-28-9-7-15/h2-5,12-13,15H,6-11H2,1H3,(H2,24,27). The van der Waals surface area contributed by atoms with E-state index in [1.165, 1.54) is 10.7 Å². The van der Waals surface area contributed by atoms with E-state index in [2.05, 4.69) is 5.10 Å². The normalized spacial score (nSPS) is 14.6. The van der Waals surface area contributed by atoms with Crippen molar-refractivity contribution >= 4 is 16.8 Å². The average Bonchev–Trinajstić information content (AvgIpc) is 3.05. The molecule has 0 saturated carbocycles. The number of primary amides is 1. The van der Waals surface area contributed by atoms with Crippen LogP contribution in [0.25, 0.3) is 10.9 Å². The molecule has 2 heterocycles. The Kier molecular flexibility index (Phi) is 6.34. The van der Waals surface area contributed by atoms with Crippen molar-refractivity contribution in [3.63, 3.8) is 0 Å². The zero-order chi connectivity index (χ0) is 21.8. The van der Waals surface area contributed by atoms with Crippen molar-refractivity contribution in [3.05, 3.63) is 47.9 Å². The number of ether oxygens (including phenoxy) is 4. The van der Waals surface area contributed by atoms with E-state index < -0.39 is 11.9 Å². The number of hydrogen-bond donors (Lipinski definition) is 1. The van der Waals surface area contributed by atoms with E-state index in [9.17, 15) is 9.18 Å². The van der Waals surface area contributed by atoms with E-state index in [-0.39, 0.29) is 22.8 Å². The molecule has 1 aromatic heterocycles. The van der Waals surface area contributed by atoms with Gasteiger partial charge in [0.2, 0.25) is 5.95 Å². The van der Waals surface area contributed by atoms with Crippen molar-refractivity contribution < 1.29 is 28.1 Å². The second-order valence-corrected chi connectivity index (χ2v) is 7.25. The number of benzene rings is 2. The topological polar surface area (TPSA) is 97.8 Å². The van der Waals surface area contributed by atoms with Gasteiger partial charge in [-0.1, -0.05) is 0 Å². The minimum Gasteiger partial charge on any atom is -0.491 e. The minimum absolute atomic E-state index is 0.0741. The molecule has 0 aliphatic carbocycles. The Bertz CT molecular complexity index is 1060. The lowest BCUT2D eigenvalue weighted by atomic mass is 10.1. The summed E-state index contributed by atoms with van der Waals surface area (Å²) in [5.41, 5.74) is 6.02. The average molecular weight is 429 g/mol. The third-order valence-corrected chi connectivity index (χ3v) is 5.10. The smallest absolute Gasteiger partial charge is 0.252 e. The molecule has 4 rings (SSSR count). The van der Waals surface area contributed by atoms with Crippen molar-refractivity contribution in [2.75, 3.05) is 26.4 Å². The molecule has 31 heavy (non-hydrogen) atoms. The monoisotopic (exact) mass is 429 g/mol. The Balaban J connectivity index is 1.39. The number of hydrogen-bond acceptors (Lipinski definition) is 6. The number of amides is 1. The number of carbonyl (C=O) groups is 1. The third-order valence-electron chi connectivity index (χ3n) is 5.10. The van der Waals surface area contributed by atoms with E-state index in [0.29, 0.717) is 30.2 Å². The van der Waals surface area contributed by atoms with Gasteiger partial charge in [-0.2, -0.15) is 4.39 Å². The van der Waals surface area contributed by atoms with Crippen LogP contribution < -0.4 is 15.2 Å². The second kappa shape index (κ2) is 9.32. The summed E-state index contributed by atoms with van der Waals surface area (Å²) in [6, 6.07) is 9.85. The predicted octanol–water partition coefficient (Wildman–Crippen LogP) is 3.18. The van der Waals surface area contributed by atoms with E-state index in [1.54, 1.807) is 37.4 Å². The highest BCUT2D eigenvalue weighted by atomic mass is 19.1. The number of aryl methyl sites for hydroxylation is 1. The van der Waals surface area contributed by atoms with E-state index >= 15 is 0 Å². The first-order valence-corrected chi connectivity index (χ1v) is 10.1. The maximum absolute atomic E-state index is 13.9.